The van der Waals surface area contributed by atoms with Gasteiger partial charge >= 0.3 is 12.1 Å². The Kier molecular flexibility index (Phi) is 7.54. The van der Waals surface area contributed by atoms with Crippen LogP contribution in [0.4, 0.5) is 13.2 Å². The molecule has 2 N–H and O–H groups in total. The number of nitrogens with zero attached hydrogens (tertiary/aromatic N) is 2. The average molecular weight is 477 g/mol. The van der Waals surface area contributed by atoms with E-state index in [0.717, 1.165) is 24.7 Å². The second kappa shape index (κ2) is 9.56. The summed E-state index contributed by atoms with van der Waals surface area (Å²) in [4.78, 5) is 15.9. The molecular weight excluding hydrogens is 457 g/mol. The van der Waals surface area contributed by atoms with E-state index in [1.165, 1.54) is 18.2 Å². The van der Waals surface area contributed by atoms with Gasteiger partial charge in [0.1, 0.15) is 17.3 Å². The Bertz CT molecular complexity index is 1120. The molecule has 0 saturated carbocycles. The van der Waals surface area contributed by atoms with Crippen LogP contribution in [0.15, 0.2) is 34.7 Å². The predicted octanol–water partition coefficient (Wildman–Crippen LogP) is 3.07. The van der Waals surface area contributed by atoms with E-state index in [-0.39, 0.29) is 28.0 Å². The Morgan fingerprint density at radius 3 is 2.58 bits per heavy atom. The maximum atomic E-state index is 13.0. The molecule has 0 fully saturated rings. The minimum Gasteiger partial charge on any atom is -0.465 e. The van der Waals surface area contributed by atoms with Crippen molar-refractivity contribution in [2.24, 2.45) is 0 Å². The number of esters is 1. The van der Waals surface area contributed by atoms with E-state index in [4.69, 9.17) is 10.1 Å². The van der Waals surface area contributed by atoms with Gasteiger partial charge in [-0.15, -0.1) is 0 Å². The third kappa shape index (κ3) is 6.34. The van der Waals surface area contributed by atoms with Crippen molar-refractivity contribution in [3.8, 4) is 10.6 Å². The predicted molar refractivity (Wildman–Crippen MR) is 109 cm³/mol. The van der Waals surface area contributed by atoms with Crippen molar-refractivity contribution in [2.75, 3.05) is 19.4 Å². The molecule has 0 aliphatic heterocycles. The number of allylic oxidation sites excluding steroid dienone is 1. The molecule has 0 aliphatic rings. The molecule has 0 atom stereocenters. The Morgan fingerprint density at radius 1 is 1.32 bits per heavy atom. The molecule has 1 heterocycles. The van der Waals surface area contributed by atoms with E-state index >= 15 is 0 Å². The summed E-state index contributed by atoms with van der Waals surface area (Å²) in [5.74, 6) is -0.872. The van der Waals surface area contributed by atoms with Crippen LogP contribution in [0.25, 0.3) is 16.3 Å². The maximum Gasteiger partial charge on any atom is 0.433 e. The fraction of sp³-hybridized carbons (Fsp3) is 0.333. The zero-order valence-electron chi connectivity index (χ0n) is 16.7. The topological polar surface area (TPSA) is 122 Å². The van der Waals surface area contributed by atoms with Crippen molar-refractivity contribution in [1.29, 1.82) is 5.41 Å². The zero-order valence-corrected chi connectivity index (χ0v) is 18.3. The molecule has 0 aliphatic carbocycles. The first-order chi connectivity index (χ1) is 14.3. The minimum atomic E-state index is -4.91. The van der Waals surface area contributed by atoms with Crippen LogP contribution in [0, 0.1) is 5.41 Å². The Hall–Kier alpha value is -2.80. The number of alkyl halides is 3. The van der Waals surface area contributed by atoms with Gasteiger partial charge in [0.2, 0.25) is 0 Å². The summed E-state index contributed by atoms with van der Waals surface area (Å²) in [6.07, 6.45) is -3.87. The zero-order chi connectivity index (χ0) is 23.4. The number of rotatable bonds is 8. The lowest BCUT2D eigenvalue weighted by molar-refractivity contribution is -0.141. The fourth-order valence-electron chi connectivity index (χ4n) is 2.39. The standard InChI is InChI=1S/C18H19F3N4O4S2/c1-4-29-13(26)9-23-14(10(2)15(22)18(19,20)21)16-24-17(30-25-16)11-6-5-7-12(8-11)31(3,27)28/h5-8,22-23H,4,9H2,1-3H3/b14-10-,22-15?. The molecule has 2 aromatic rings. The number of carbonyl (C=O) groups excluding carboxylic acids is 1. The number of benzene rings is 1. The number of sulfone groups is 1. The molecule has 0 spiro atoms. The molecule has 0 amide bonds. The maximum absolute atomic E-state index is 13.0. The Labute approximate surface area is 180 Å². The first-order valence-electron chi connectivity index (χ1n) is 8.75. The normalized spacial score (nSPS) is 12.8. The summed E-state index contributed by atoms with van der Waals surface area (Å²) in [6.45, 7) is 2.28. The Morgan fingerprint density at radius 2 is 2.00 bits per heavy atom. The van der Waals surface area contributed by atoms with Gasteiger partial charge in [0, 0.05) is 17.4 Å². The molecule has 2 rings (SSSR count). The number of hydrogen-bond donors (Lipinski definition) is 2. The lowest BCUT2D eigenvalue weighted by Crippen LogP contribution is -2.29. The summed E-state index contributed by atoms with van der Waals surface area (Å²) in [7, 11) is -3.48. The van der Waals surface area contributed by atoms with Gasteiger partial charge in [-0.2, -0.15) is 17.5 Å². The molecule has 13 heteroatoms. The second-order valence-corrected chi connectivity index (χ2v) is 9.02. The van der Waals surface area contributed by atoms with Crippen LogP contribution in [-0.2, 0) is 19.4 Å². The monoisotopic (exact) mass is 476 g/mol. The summed E-state index contributed by atoms with van der Waals surface area (Å²) in [5, 5.41) is 10.2. The van der Waals surface area contributed by atoms with Crippen molar-refractivity contribution < 1.29 is 31.1 Å². The minimum absolute atomic E-state index is 0.0491. The van der Waals surface area contributed by atoms with Crippen LogP contribution in [0.1, 0.15) is 19.7 Å². The summed E-state index contributed by atoms with van der Waals surface area (Å²) in [5.41, 5.74) is -1.97. The quantitative estimate of drug-likeness (QED) is 0.443. The van der Waals surface area contributed by atoms with Crippen molar-refractivity contribution in [2.45, 2.75) is 24.9 Å². The largest absolute Gasteiger partial charge is 0.465 e. The first kappa shape index (κ1) is 24.5. The fourth-order valence-corrected chi connectivity index (χ4v) is 3.72. The molecule has 8 nitrogen and oxygen atoms in total. The first-order valence-corrected chi connectivity index (χ1v) is 11.4. The van der Waals surface area contributed by atoms with Crippen LogP contribution in [0.5, 0.6) is 0 Å². The number of nitrogens with one attached hydrogen (secondary N) is 2. The van der Waals surface area contributed by atoms with Gasteiger partial charge in [-0.1, -0.05) is 12.1 Å². The van der Waals surface area contributed by atoms with Crippen molar-refractivity contribution in [1.82, 2.24) is 14.7 Å². The van der Waals surface area contributed by atoms with Crippen LogP contribution in [0.2, 0.25) is 0 Å². The third-order valence-corrected chi connectivity index (χ3v) is 5.78. The molecule has 0 bridgehead atoms. The molecule has 0 saturated heterocycles. The van der Waals surface area contributed by atoms with Gasteiger partial charge in [0.05, 0.1) is 17.2 Å². The van der Waals surface area contributed by atoms with E-state index in [0.29, 0.717) is 5.56 Å². The second-order valence-electron chi connectivity index (χ2n) is 6.25. The van der Waals surface area contributed by atoms with Crippen LogP contribution < -0.4 is 5.32 Å². The lowest BCUT2D eigenvalue weighted by Gasteiger charge is -2.14. The average Bonchev–Trinajstić information content (AvgIpc) is 3.16. The van der Waals surface area contributed by atoms with E-state index in [1.807, 2.05) is 0 Å². The van der Waals surface area contributed by atoms with Gasteiger partial charge < -0.3 is 10.1 Å². The van der Waals surface area contributed by atoms with Crippen molar-refractivity contribution in [3.63, 3.8) is 0 Å². The highest BCUT2D eigenvalue weighted by Gasteiger charge is 2.37. The van der Waals surface area contributed by atoms with E-state index in [9.17, 15) is 26.4 Å². The molecule has 0 radical (unpaired) electrons. The van der Waals surface area contributed by atoms with Gasteiger partial charge in [-0.3, -0.25) is 10.2 Å². The third-order valence-electron chi connectivity index (χ3n) is 3.91. The Balaban J connectivity index is 2.48. The molecule has 31 heavy (non-hydrogen) atoms. The number of aromatic nitrogens is 2. The van der Waals surface area contributed by atoms with Crippen LogP contribution in [0.3, 0.4) is 0 Å². The number of halogens is 3. The van der Waals surface area contributed by atoms with Gasteiger partial charge in [-0.05, 0) is 37.5 Å². The van der Waals surface area contributed by atoms with E-state index in [1.54, 1.807) is 13.0 Å². The van der Waals surface area contributed by atoms with Crippen LogP contribution in [-0.4, -0.2) is 55.0 Å². The van der Waals surface area contributed by atoms with Crippen molar-refractivity contribution >= 4 is 38.7 Å². The highest BCUT2D eigenvalue weighted by molar-refractivity contribution is 7.90. The van der Waals surface area contributed by atoms with Crippen LogP contribution >= 0.6 is 11.5 Å². The van der Waals surface area contributed by atoms with Gasteiger partial charge in [-0.25, -0.2) is 13.4 Å². The number of ether oxygens (including phenoxy) is 1. The number of carbonyl (C=O) groups is 1. The van der Waals surface area contributed by atoms with Crippen molar-refractivity contribution in [3.05, 3.63) is 35.7 Å². The molecule has 0 unspecified atom stereocenters. The molecule has 1 aromatic carbocycles. The molecule has 168 valence electrons. The van der Waals surface area contributed by atoms with Gasteiger partial charge in [0.15, 0.2) is 15.7 Å². The lowest BCUT2D eigenvalue weighted by atomic mass is 10.1. The highest BCUT2D eigenvalue weighted by atomic mass is 32.2. The van der Waals surface area contributed by atoms with Gasteiger partial charge in [0.25, 0.3) is 0 Å². The molecular formula is C18H19F3N4O4S2. The highest BCUT2D eigenvalue weighted by Crippen LogP contribution is 2.28. The summed E-state index contributed by atoms with van der Waals surface area (Å²) < 4.78 is 71.5. The smallest absolute Gasteiger partial charge is 0.433 e. The molecule has 1 aromatic heterocycles. The van der Waals surface area contributed by atoms with E-state index < -0.39 is 39.8 Å². The number of hydrogen-bond acceptors (Lipinski definition) is 9. The van der Waals surface area contributed by atoms with E-state index in [2.05, 4.69) is 14.7 Å². The summed E-state index contributed by atoms with van der Waals surface area (Å²) in [6, 6.07) is 5.87. The summed E-state index contributed by atoms with van der Waals surface area (Å²) >= 11 is 0.833. The SMILES string of the molecule is CCOC(=O)CN/C(=C(/C)C(=N)C(F)(F)F)c1nsc(-c2cccc(S(C)(=O)=O)c2)n1.